The lowest BCUT2D eigenvalue weighted by Gasteiger charge is -2.06. The second-order valence-electron chi connectivity index (χ2n) is 3.92. The molecule has 0 aliphatic heterocycles. The molecule has 0 bridgehead atoms. The molecular weight excluding hydrogens is 300 g/mol. The first-order valence-electron chi connectivity index (χ1n) is 5.80. The molecular formula is C12H11ClN4O4. The van der Waals surface area contributed by atoms with Crippen LogP contribution in [0.2, 0.25) is 5.15 Å². The molecule has 8 nitrogen and oxygen atoms in total. The minimum absolute atomic E-state index is 0.0389. The summed E-state index contributed by atoms with van der Waals surface area (Å²) in [5.41, 5.74) is 0.302. The van der Waals surface area contributed by atoms with Crippen molar-refractivity contribution in [3.05, 3.63) is 30.1 Å². The van der Waals surface area contributed by atoms with E-state index in [4.69, 9.17) is 21.4 Å². The van der Waals surface area contributed by atoms with Crippen molar-refractivity contribution in [3.63, 3.8) is 0 Å². The largest absolute Gasteiger partial charge is 0.480 e. The number of ether oxygens (including phenoxy) is 1. The Hall–Kier alpha value is -2.61. The van der Waals surface area contributed by atoms with Crippen LogP contribution in [0.5, 0.6) is 0 Å². The van der Waals surface area contributed by atoms with E-state index in [-0.39, 0.29) is 24.3 Å². The van der Waals surface area contributed by atoms with Gasteiger partial charge < -0.3 is 14.4 Å². The predicted octanol–water partition coefficient (Wildman–Crippen LogP) is 1.90. The molecule has 0 unspecified atom stereocenters. The Morgan fingerprint density at radius 1 is 1.52 bits per heavy atom. The van der Waals surface area contributed by atoms with E-state index in [1.54, 1.807) is 6.07 Å². The molecule has 1 amide bonds. The van der Waals surface area contributed by atoms with Crippen LogP contribution >= 0.6 is 11.6 Å². The summed E-state index contributed by atoms with van der Waals surface area (Å²) in [5, 5.41) is 11.7. The molecule has 21 heavy (non-hydrogen) atoms. The summed E-state index contributed by atoms with van der Waals surface area (Å²) in [6.45, 7) is 3.17. The van der Waals surface area contributed by atoms with Gasteiger partial charge >= 0.3 is 12.1 Å². The predicted molar refractivity (Wildman–Crippen MR) is 75.3 cm³/mol. The zero-order valence-electron chi connectivity index (χ0n) is 10.7. The molecule has 9 heteroatoms. The maximum atomic E-state index is 11.4. The van der Waals surface area contributed by atoms with Gasteiger partial charge in [-0.05, 0) is 6.07 Å². The van der Waals surface area contributed by atoms with Gasteiger partial charge in [-0.1, -0.05) is 24.3 Å². The van der Waals surface area contributed by atoms with Crippen molar-refractivity contribution in [2.75, 3.05) is 11.9 Å². The fourth-order valence-corrected chi connectivity index (χ4v) is 1.85. The Morgan fingerprint density at radius 3 is 2.95 bits per heavy atom. The van der Waals surface area contributed by atoms with Crippen LogP contribution < -0.4 is 5.32 Å². The number of carbonyl (C=O) groups is 2. The van der Waals surface area contributed by atoms with Crippen molar-refractivity contribution in [1.29, 1.82) is 0 Å². The number of carboxylic acid groups (broad SMARTS) is 1. The molecule has 0 radical (unpaired) electrons. The number of rotatable bonds is 5. The first kappa shape index (κ1) is 14.8. The smallest absolute Gasteiger partial charge is 0.414 e. The number of nitrogens with zero attached hydrogens (tertiary/aromatic N) is 3. The third kappa shape index (κ3) is 3.48. The molecule has 0 aliphatic carbocycles. The second kappa shape index (κ2) is 6.23. The highest BCUT2D eigenvalue weighted by Gasteiger charge is 2.13. The summed E-state index contributed by atoms with van der Waals surface area (Å²) in [4.78, 5) is 30.2. The number of aliphatic carboxylic acids is 1. The molecule has 2 heterocycles. The highest BCUT2D eigenvalue weighted by atomic mass is 35.5. The third-order valence-corrected chi connectivity index (χ3v) is 2.71. The zero-order chi connectivity index (χ0) is 15.4. The Morgan fingerprint density at radius 2 is 2.29 bits per heavy atom. The molecule has 2 rings (SSSR count). The number of nitrogens with one attached hydrogen (secondary N) is 1. The first-order chi connectivity index (χ1) is 10.0. The van der Waals surface area contributed by atoms with Crippen LogP contribution in [0.25, 0.3) is 11.0 Å². The van der Waals surface area contributed by atoms with Crippen LogP contribution in [0.15, 0.2) is 24.9 Å². The van der Waals surface area contributed by atoms with Crippen LogP contribution in [0.3, 0.4) is 0 Å². The SMILES string of the molecule is C=CCOC(=O)Nc1nc(Cl)c2ccn(CC(=O)O)c2n1. The van der Waals surface area contributed by atoms with Gasteiger partial charge in [0.05, 0.1) is 5.39 Å². The van der Waals surface area contributed by atoms with E-state index < -0.39 is 12.1 Å². The van der Waals surface area contributed by atoms with Crippen LogP contribution in [-0.2, 0) is 16.1 Å². The van der Waals surface area contributed by atoms with Gasteiger partial charge in [0.25, 0.3) is 0 Å². The quantitative estimate of drug-likeness (QED) is 0.645. The monoisotopic (exact) mass is 310 g/mol. The Kier molecular flexibility index (Phi) is 4.39. The molecule has 2 N–H and O–H groups in total. The van der Waals surface area contributed by atoms with Crippen molar-refractivity contribution in [2.24, 2.45) is 0 Å². The van der Waals surface area contributed by atoms with Crippen molar-refractivity contribution < 1.29 is 19.4 Å². The summed E-state index contributed by atoms with van der Waals surface area (Å²) in [5.74, 6) is -1.10. The van der Waals surface area contributed by atoms with E-state index in [9.17, 15) is 9.59 Å². The number of carboxylic acids is 1. The Labute approximate surface area is 124 Å². The van der Waals surface area contributed by atoms with Crippen LogP contribution in [0.4, 0.5) is 10.7 Å². The van der Waals surface area contributed by atoms with E-state index in [1.807, 2.05) is 0 Å². The van der Waals surface area contributed by atoms with Gasteiger partial charge in [-0.15, -0.1) is 0 Å². The lowest BCUT2D eigenvalue weighted by molar-refractivity contribution is -0.137. The van der Waals surface area contributed by atoms with Crippen molar-refractivity contribution in [1.82, 2.24) is 14.5 Å². The Balaban J connectivity index is 2.31. The van der Waals surface area contributed by atoms with Crippen LogP contribution in [0, 0.1) is 0 Å². The molecule has 2 aromatic heterocycles. The number of carbonyl (C=O) groups excluding carboxylic acids is 1. The maximum absolute atomic E-state index is 11.4. The van der Waals surface area contributed by atoms with Crippen molar-refractivity contribution in [2.45, 2.75) is 6.54 Å². The molecule has 0 aliphatic rings. The number of aromatic nitrogens is 3. The molecule has 0 spiro atoms. The van der Waals surface area contributed by atoms with E-state index in [1.165, 1.54) is 16.8 Å². The van der Waals surface area contributed by atoms with Crippen LogP contribution in [-0.4, -0.2) is 38.3 Å². The first-order valence-corrected chi connectivity index (χ1v) is 6.18. The van der Waals surface area contributed by atoms with E-state index in [0.29, 0.717) is 11.0 Å². The number of hydrogen-bond donors (Lipinski definition) is 2. The normalized spacial score (nSPS) is 10.3. The number of fused-ring (bicyclic) bond motifs is 1. The molecule has 0 aromatic carbocycles. The highest BCUT2D eigenvalue weighted by molar-refractivity contribution is 6.34. The van der Waals surface area contributed by atoms with E-state index in [0.717, 1.165) is 0 Å². The number of halogens is 1. The average Bonchev–Trinajstić information content (AvgIpc) is 2.79. The summed E-state index contributed by atoms with van der Waals surface area (Å²) in [7, 11) is 0. The minimum Gasteiger partial charge on any atom is -0.480 e. The summed E-state index contributed by atoms with van der Waals surface area (Å²) < 4.78 is 6.11. The fourth-order valence-electron chi connectivity index (χ4n) is 1.62. The molecule has 110 valence electrons. The van der Waals surface area contributed by atoms with Gasteiger partial charge in [0.2, 0.25) is 5.95 Å². The van der Waals surface area contributed by atoms with Gasteiger partial charge in [-0.3, -0.25) is 10.1 Å². The lowest BCUT2D eigenvalue weighted by Crippen LogP contribution is -2.16. The molecule has 0 fully saturated rings. The van der Waals surface area contributed by atoms with Crippen LogP contribution in [0.1, 0.15) is 0 Å². The maximum Gasteiger partial charge on any atom is 0.414 e. The molecule has 2 aromatic rings. The van der Waals surface area contributed by atoms with Gasteiger partial charge in [-0.25, -0.2) is 4.79 Å². The number of amides is 1. The average molecular weight is 311 g/mol. The van der Waals surface area contributed by atoms with Gasteiger partial charge in [0, 0.05) is 6.20 Å². The van der Waals surface area contributed by atoms with Crippen molar-refractivity contribution >= 4 is 40.6 Å². The molecule has 0 atom stereocenters. The van der Waals surface area contributed by atoms with E-state index in [2.05, 4.69) is 21.9 Å². The minimum atomic E-state index is -1.03. The molecule has 0 saturated carbocycles. The topological polar surface area (TPSA) is 106 Å². The standard InChI is InChI=1S/C12H11ClN4O4/c1-2-5-21-12(20)16-11-14-9(13)7-3-4-17(6-8(18)19)10(7)15-11/h2-4H,1,5-6H2,(H,18,19)(H,14,15,16,20). The highest BCUT2D eigenvalue weighted by Crippen LogP contribution is 2.23. The number of anilines is 1. The van der Waals surface area contributed by atoms with Gasteiger partial charge in [-0.2, -0.15) is 9.97 Å². The second-order valence-corrected chi connectivity index (χ2v) is 4.28. The zero-order valence-corrected chi connectivity index (χ0v) is 11.5. The lowest BCUT2D eigenvalue weighted by atomic mass is 10.4. The number of hydrogen-bond acceptors (Lipinski definition) is 5. The fraction of sp³-hybridized carbons (Fsp3) is 0.167. The van der Waals surface area contributed by atoms with Gasteiger partial charge in [0.1, 0.15) is 24.0 Å². The summed E-state index contributed by atoms with van der Waals surface area (Å²) in [6.07, 6.45) is 2.18. The van der Waals surface area contributed by atoms with Gasteiger partial charge in [0.15, 0.2) is 0 Å². The van der Waals surface area contributed by atoms with E-state index >= 15 is 0 Å². The summed E-state index contributed by atoms with van der Waals surface area (Å²) in [6, 6.07) is 1.60. The Bertz CT molecular complexity index is 713. The summed E-state index contributed by atoms with van der Waals surface area (Å²) >= 11 is 5.98. The van der Waals surface area contributed by atoms with Crippen molar-refractivity contribution in [3.8, 4) is 0 Å². The molecule has 0 saturated heterocycles. The third-order valence-electron chi connectivity index (χ3n) is 2.42.